The number of aryl methyl sites for hydroxylation is 1. The van der Waals surface area contributed by atoms with Crippen LogP contribution in [0.4, 0.5) is 0 Å². The molecule has 0 spiro atoms. The molecule has 0 N–H and O–H groups in total. The maximum Gasteiger partial charge on any atom is 0.267 e. The molecule has 7 nitrogen and oxygen atoms in total. The van der Waals surface area contributed by atoms with Gasteiger partial charge in [0.1, 0.15) is 11.6 Å². The summed E-state index contributed by atoms with van der Waals surface area (Å²) in [5.41, 5.74) is 2.02. The van der Waals surface area contributed by atoms with Gasteiger partial charge in [-0.3, -0.25) is 4.79 Å². The number of hydrogen-bond acceptors (Lipinski definition) is 5. The molecule has 2 aromatic rings. The molecule has 1 aromatic carbocycles. The fraction of sp³-hybridized carbons (Fsp3) is 0.476. The predicted molar refractivity (Wildman–Crippen MR) is 105 cm³/mol. The lowest BCUT2D eigenvalue weighted by Gasteiger charge is -2.36. The highest BCUT2D eigenvalue weighted by Crippen LogP contribution is 2.31. The van der Waals surface area contributed by atoms with E-state index in [0.29, 0.717) is 12.8 Å². The monoisotopic (exact) mass is 382 g/mol. The number of ether oxygens (including phenoxy) is 1. The Kier molecular flexibility index (Phi) is 5.32. The number of methoxy groups -OCH3 is 1. The molecule has 0 saturated carbocycles. The van der Waals surface area contributed by atoms with Crippen molar-refractivity contribution < 1.29 is 14.4 Å². The van der Waals surface area contributed by atoms with Crippen molar-refractivity contribution >= 4 is 11.6 Å². The number of rotatable bonds is 5. The number of aromatic nitrogens is 2. The molecule has 2 aliphatic heterocycles. The number of benzene rings is 1. The fourth-order valence-electron chi connectivity index (χ4n) is 3.99. The SMILES string of the molecule is COc1ccc(CC2=NO[C@H](C(=O)N3CCCC[C@@H]3c3nccn3C)C2)cc1. The van der Waals surface area contributed by atoms with Gasteiger partial charge in [-0.25, -0.2) is 4.98 Å². The summed E-state index contributed by atoms with van der Waals surface area (Å²) in [5.74, 6) is 1.78. The van der Waals surface area contributed by atoms with E-state index in [1.54, 1.807) is 13.3 Å². The quantitative estimate of drug-likeness (QED) is 0.797. The van der Waals surface area contributed by atoms with Crippen LogP contribution in [0.25, 0.3) is 0 Å². The van der Waals surface area contributed by atoms with Crippen LogP contribution in [-0.2, 0) is 23.1 Å². The molecule has 1 aromatic heterocycles. The van der Waals surface area contributed by atoms with Gasteiger partial charge in [-0.05, 0) is 37.0 Å². The second kappa shape index (κ2) is 8.04. The van der Waals surface area contributed by atoms with Gasteiger partial charge in [-0.1, -0.05) is 17.3 Å². The summed E-state index contributed by atoms with van der Waals surface area (Å²) in [6.45, 7) is 0.740. The molecule has 4 rings (SSSR count). The first-order valence-corrected chi connectivity index (χ1v) is 9.78. The summed E-state index contributed by atoms with van der Waals surface area (Å²) in [4.78, 5) is 25.1. The van der Waals surface area contributed by atoms with Crippen molar-refractivity contribution in [3.63, 3.8) is 0 Å². The molecule has 148 valence electrons. The summed E-state index contributed by atoms with van der Waals surface area (Å²) in [7, 11) is 3.63. The number of likely N-dealkylation sites (tertiary alicyclic amines) is 1. The highest BCUT2D eigenvalue weighted by molar-refractivity contribution is 5.94. The van der Waals surface area contributed by atoms with Gasteiger partial charge in [0, 0.05) is 38.8 Å². The van der Waals surface area contributed by atoms with Gasteiger partial charge in [0.25, 0.3) is 5.91 Å². The minimum atomic E-state index is -0.533. The average Bonchev–Trinajstić information content (AvgIpc) is 3.37. The van der Waals surface area contributed by atoms with E-state index in [1.165, 1.54) is 0 Å². The Morgan fingerprint density at radius 3 is 2.82 bits per heavy atom. The molecule has 7 heteroatoms. The molecule has 2 aliphatic rings. The van der Waals surface area contributed by atoms with Gasteiger partial charge in [-0.2, -0.15) is 0 Å². The third kappa shape index (κ3) is 3.74. The topological polar surface area (TPSA) is 69.0 Å². The lowest BCUT2D eigenvalue weighted by molar-refractivity contribution is -0.146. The van der Waals surface area contributed by atoms with Crippen LogP contribution in [0.5, 0.6) is 5.75 Å². The zero-order valence-corrected chi connectivity index (χ0v) is 16.4. The Morgan fingerprint density at radius 2 is 2.11 bits per heavy atom. The van der Waals surface area contributed by atoms with Crippen LogP contribution in [0.2, 0.25) is 0 Å². The zero-order valence-electron chi connectivity index (χ0n) is 16.4. The van der Waals surface area contributed by atoms with E-state index >= 15 is 0 Å². The van der Waals surface area contributed by atoms with Gasteiger partial charge in [-0.15, -0.1) is 0 Å². The van der Waals surface area contributed by atoms with Gasteiger partial charge >= 0.3 is 0 Å². The van der Waals surface area contributed by atoms with E-state index in [-0.39, 0.29) is 11.9 Å². The van der Waals surface area contributed by atoms with Crippen LogP contribution < -0.4 is 4.74 Å². The van der Waals surface area contributed by atoms with Gasteiger partial charge in [0.05, 0.1) is 18.9 Å². The number of carbonyl (C=O) groups excluding carboxylic acids is 1. The van der Waals surface area contributed by atoms with Crippen LogP contribution in [0.3, 0.4) is 0 Å². The van der Waals surface area contributed by atoms with Crippen LogP contribution in [0.1, 0.15) is 43.1 Å². The van der Waals surface area contributed by atoms with Gasteiger partial charge < -0.3 is 19.0 Å². The minimum Gasteiger partial charge on any atom is -0.497 e. The number of imidazole rings is 1. The Hall–Kier alpha value is -2.83. The first kappa shape index (κ1) is 18.5. The van der Waals surface area contributed by atoms with E-state index in [2.05, 4.69) is 10.1 Å². The van der Waals surface area contributed by atoms with E-state index in [0.717, 1.165) is 48.7 Å². The van der Waals surface area contributed by atoms with Crippen molar-refractivity contribution in [2.24, 2.45) is 12.2 Å². The summed E-state index contributed by atoms with van der Waals surface area (Å²) < 4.78 is 7.19. The lowest BCUT2D eigenvalue weighted by Crippen LogP contribution is -2.44. The molecule has 2 atom stereocenters. The first-order chi connectivity index (χ1) is 13.7. The van der Waals surface area contributed by atoms with Crippen molar-refractivity contribution in [2.75, 3.05) is 13.7 Å². The maximum atomic E-state index is 13.2. The summed E-state index contributed by atoms with van der Waals surface area (Å²) in [5, 5.41) is 4.19. The molecule has 1 fully saturated rings. The average molecular weight is 382 g/mol. The number of oxime groups is 1. The van der Waals surface area contributed by atoms with Crippen LogP contribution in [-0.4, -0.2) is 45.8 Å². The second-order valence-electron chi connectivity index (χ2n) is 7.42. The van der Waals surface area contributed by atoms with Crippen molar-refractivity contribution in [1.29, 1.82) is 0 Å². The van der Waals surface area contributed by atoms with Crippen molar-refractivity contribution in [1.82, 2.24) is 14.5 Å². The number of hydrogen-bond donors (Lipinski definition) is 0. The van der Waals surface area contributed by atoms with Crippen LogP contribution in [0.15, 0.2) is 41.8 Å². The van der Waals surface area contributed by atoms with E-state index in [4.69, 9.17) is 9.57 Å². The molecule has 0 bridgehead atoms. The summed E-state index contributed by atoms with van der Waals surface area (Å²) >= 11 is 0. The molecule has 0 radical (unpaired) electrons. The predicted octanol–water partition coefficient (Wildman–Crippen LogP) is 2.87. The Morgan fingerprint density at radius 1 is 1.29 bits per heavy atom. The molecule has 1 saturated heterocycles. The summed E-state index contributed by atoms with van der Waals surface area (Å²) in [6.07, 6.45) is 7.44. The molecule has 0 aliphatic carbocycles. The summed E-state index contributed by atoms with van der Waals surface area (Å²) in [6, 6.07) is 7.89. The van der Waals surface area contributed by atoms with E-state index < -0.39 is 6.10 Å². The van der Waals surface area contributed by atoms with Gasteiger partial charge in [0.2, 0.25) is 6.10 Å². The standard InChI is InChI=1S/C21H26N4O3/c1-24-12-10-22-20(24)18-5-3-4-11-25(18)21(26)19-14-16(23-28-19)13-15-6-8-17(27-2)9-7-15/h6-10,12,18-19H,3-5,11,13-14H2,1-2H3/t18-,19+/m1/s1. The highest BCUT2D eigenvalue weighted by atomic mass is 16.6. The molecule has 1 amide bonds. The smallest absolute Gasteiger partial charge is 0.267 e. The van der Waals surface area contributed by atoms with Crippen molar-refractivity contribution in [3.05, 3.63) is 48.0 Å². The van der Waals surface area contributed by atoms with E-state index in [1.807, 2.05) is 47.0 Å². The Balaban J connectivity index is 1.40. The number of piperidine rings is 1. The van der Waals surface area contributed by atoms with Crippen LogP contribution >= 0.6 is 0 Å². The molecule has 0 unspecified atom stereocenters. The lowest BCUT2D eigenvalue weighted by atomic mass is 9.99. The molecular weight excluding hydrogens is 356 g/mol. The molecule has 3 heterocycles. The van der Waals surface area contributed by atoms with Crippen LogP contribution in [0, 0.1) is 0 Å². The van der Waals surface area contributed by atoms with Crippen molar-refractivity contribution in [3.8, 4) is 5.75 Å². The largest absolute Gasteiger partial charge is 0.497 e. The normalized spacial score (nSPS) is 21.9. The fourth-order valence-corrected chi connectivity index (χ4v) is 3.99. The number of carbonyl (C=O) groups is 1. The molecule has 28 heavy (non-hydrogen) atoms. The molecular formula is C21H26N4O3. The Bertz CT molecular complexity index is 859. The third-order valence-electron chi connectivity index (χ3n) is 5.52. The van der Waals surface area contributed by atoms with Crippen molar-refractivity contribution in [2.45, 2.75) is 44.2 Å². The minimum absolute atomic E-state index is 0.00971. The van der Waals surface area contributed by atoms with Gasteiger partial charge in [0.15, 0.2) is 0 Å². The maximum absolute atomic E-state index is 13.2. The Labute approximate surface area is 164 Å². The highest BCUT2D eigenvalue weighted by Gasteiger charge is 2.37. The second-order valence-corrected chi connectivity index (χ2v) is 7.42. The van der Waals surface area contributed by atoms with E-state index in [9.17, 15) is 4.79 Å². The number of amides is 1. The first-order valence-electron chi connectivity index (χ1n) is 9.78. The number of nitrogens with zero attached hydrogens (tertiary/aromatic N) is 4. The zero-order chi connectivity index (χ0) is 19.5. The third-order valence-corrected chi connectivity index (χ3v) is 5.52.